The van der Waals surface area contributed by atoms with E-state index in [1.54, 1.807) is 12.3 Å². The molecule has 0 unspecified atom stereocenters. The Morgan fingerprint density at radius 1 is 1.45 bits per heavy atom. The molecule has 1 atom stereocenters. The maximum absolute atomic E-state index is 12.8. The standard InChI is InChI=1S/C15H16BrN3O/c16-10-3-4-14-13(8-10)12(5-6-18-14)15(20)19-7-1-2-11(19)9-17/h3-6,8,11H,1-2,7,9,17H2/t11-/m0/s1. The molecule has 1 saturated heterocycles. The van der Waals surface area contributed by atoms with E-state index in [-0.39, 0.29) is 11.9 Å². The molecule has 1 aromatic heterocycles. The highest BCUT2D eigenvalue weighted by molar-refractivity contribution is 9.10. The first-order valence-corrected chi connectivity index (χ1v) is 7.55. The summed E-state index contributed by atoms with van der Waals surface area (Å²) >= 11 is 3.45. The lowest BCUT2D eigenvalue weighted by Gasteiger charge is -2.24. The predicted molar refractivity (Wildman–Crippen MR) is 82.6 cm³/mol. The number of nitrogens with zero attached hydrogens (tertiary/aromatic N) is 2. The molecule has 104 valence electrons. The minimum Gasteiger partial charge on any atom is -0.334 e. The fourth-order valence-electron chi connectivity index (χ4n) is 2.81. The van der Waals surface area contributed by atoms with E-state index >= 15 is 0 Å². The predicted octanol–water partition coefficient (Wildman–Crippen LogP) is 2.56. The molecule has 0 saturated carbocycles. The maximum atomic E-state index is 12.8. The van der Waals surface area contributed by atoms with Crippen molar-refractivity contribution in [1.82, 2.24) is 9.88 Å². The van der Waals surface area contributed by atoms with E-state index in [9.17, 15) is 4.79 Å². The van der Waals surface area contributed by atoms with Crippen molar-refractivity contribution in [3.8, 4) is 0 Å². The van der Waals surface area contributed by atoms with Crippen LogP contribution < -0.4 is 5.73 Å². The number of carbonyl (C=O) groups excluding carboxylic acids is 1. The van der Waals surface area contributed by atoms with Crippen LogP contribution >= 0.6 is 15.9 Å². The van der Waals surface area contributed by atoms with Crippen LogP contribution in [0.15, 0.2) is 34.9 Å². The van der Waals surface area contributed by atoms with Crippen LogP contribution in [0.2, 0.25) is 0 Å². The van der Waals surface area contributed by atoms with Crippen LogP contribution in [0.3, 0.4) is 0 Å². The molecule has 3 rings (SSSR count). The first-order valence-electron chi connectivity index (χ1n) is 6.76. The number of likely N-dealkylation sites (tertiary alicyclic amines) is 1. The lowest BCUT2D eigenvalue weighted by molar-refractivity contribution is 0.0743. The zero-order chi connectivity index (χ0) is 14.1. The van der Waals surface area contributed by atoms with Gasteiger partial charge in [-0.2, -0.15) is 0 Å². The second kappa shape index (κ2) is 5.50. The fourth-order valence-corrected chi connectivity index (χ4v) is 3.17. The SMILES string of the molecule is NC[C@@H]1CCCN1C(=O)c1ccnc2ccc(Br)cc12. The number of rotatable bonds is 2. The van der Waals surface area contributed by atoms with Crippen LogP contribution in [0.1, 0.15) is 23.2 Å². The Balaban J connectivity index is 2.05. The molecule has 0 radical (unpaired) electrons. The summed E-state index contributed by atoms with van der Waals surface area (Å²) in [5.41, 5.74) is 7.30. The highest BCUT2D eigenvalue weighted by Gasteiger charge is 2.29. The molecular weight excluding hydrogens is 318 g/mol. The van der Waals surface area contributed by atoms with Crippen LogP contribution in [-0.4, -0.2) is 34.9 Å². The summed E-state index contributed by atoms with van der Waals surface area (Å²) in [6.45, 7) is 1.32. The third-order valence-corrected chi connectivity index (χ3v) is 4.34. The first-order chi connectivity index (χ1) is 9.70. The second-order valence-corrected chi connectivity index (χ2v) is 5.97. The molecule has 0 bridgehead atoms. The Morgan fingerprint density at radius 2 is 2.30 bits per heavy atom. The Morgan fingerprint density at radius 3 is 3.10 bits per heavy atom. The maximum Gasteiger partial charge on any atom is 0.254 e. The van der Waals surface area contributed by atoms with Crippen molar-refractivity contribution in [1.29, 1.82) is 0 Å². The molecule has 1 amide bonds. The highest BCUT2D eigenvalue weighted by Crippen LogP contribution is 2.25. The highest BCUT2D eigenvalue weighted by atomic mass is 79.9. The normalized spacial score (nSPS) is 18.7. The van der Waals surface area contributed by atoms with Crippen molar-refractivity contribution in [3.05, 3.63) is 40.5 Å². The summed E-state index contributed by atoms with van der Waals surface area (Å²) in [5.74, 6) is 0.0588. The summed E-state index contributed by atoms with van der Waals surface area (Å²) in [6.07, 6.45) is 3.71. The molecule has 1 aliphatic rings. The van der Waals surface area contributed by atoms with E-state index in [1.165, 1.54) is 0 Å². The van der Waals surface area contributed by atoms with Gasteiger partial charge < -0.3 is 10.6 Å². The van der Waals surface area contributed by atoms with E-state index in [4.69, 9.17) is 5.73 Å². The van der Waals surface area contributed by atoms with Crippen LogP contribution in [0.25, 0.3) is 10.9 Å². The third kappa shape index (κ3) is 2.31. The monoisotopic (exact) mass is 333 g/mol. The average Bonchev–Trinajstić information content (AvgIpc) is 2.94. The van der Waals surface area contributed by atoms with Gasteiger partial charge in [-0.25, -0.2) is 0 Å². The summed E-state index contributed by atoms with van der Waals surface area (Å²) in [5, 5.41) is 0.884. The molecule has 20 heavy (non-hydrogen) atoms. The molecule has 4 nitrogen and oxygen atoms in total. The molecule has 1 fully saturated rings. The van der Waals surface area contributed by atoms with Gasteiger partial charge in [-0.3, -0.25) is 9.78 Å². The number of aromatic nitrogens is 1. The number of amides is 1. The van der Waals surface area contributed by atoms with Gasteiger partial charge in [0.25, 0.3) is 5.91 Å². The summed E-state index contributed by atoms with van der Waals surface area (Å²) in [4.78, 5) is 19.0. The van der Waals surface area contributed by atoms with Crippen molar-refractivity contribution in [2.75, 3.05) is 13.1 Å². The molecule has 5 heteroatoms. The zero-order valence-corrected chi connectivity index (χ0v) is 12.6. The van der Waals surface area contributed by atoms with Gasteiger partial charge in [-0.1, -0.05) is 15.9 Å². The lowest BCUT2D eigenvalue weighted by Crippen LogP contribution is -2.40. The zero-order valence-electron chi connectivity index (χ0n) is 11.1. The van der Waals surface area contributed by atoms with Gasteiger partial charge in [0.2, 0.25) is 0 Å². The second-order valence-electron chi connectivity index (χ2n) is 5.05. The van der Waals surface area contributed by atoms with Gasteiger partial charge >= 0.3 is 0 Å². The number of pyridine rings is 1. The number of benzene rings is 1. The van der Waals surface area contributed by atoms with Crippen molar-refractivity contribution in [2.45, 2.75) is 18.9 Å². The quantitative estimate of drug-likeness (QED) is 0.918. The Labute approximate surface area is 126 Å². The van der Waals surface area contributed by atoms with Gasteiger partial charge in [0.1, 0.15) is 0 Å². The van der Waals surface area contributed by atoms with E-state index in [0.29, 0.717) is 12.1 Å². The number of halogens is 1. The number of nitrogens with two attached hydrogens (primary N) is 1. The van der Waals surface area contributed by atoms with E-state index in [2.05, 4.69) is 20.9 Å². The third-order valence-electron chi connectivity index (χ3n) is 3.84. The lowest BCUT2D eigenvalue weighted by atomic mass is 10.1. The summed E-state index contributed by atoms with van der Waals surface area (Å²) in [6, 6.07) is 7.76. The Bertz CT molecular complexity index is 659. The van der Waals surface area contributed by atoms with Gasteiger partial charge in [0.15, 0.2) is 0 Å². The average molecular weight is 334 g/mol. The number of hydrogen-bond acceptors (Lipinski definition) is 3. The van der Waals surface area contributed by atoms with Crippen molar-refractivity contribution < 1.29 is 4.79 Å². The van der Waals surface area contributed by atoms with Gasteiger partial charge in [-0.15, -0.1) is 0 Å². The van der Waals surface area contributed by atoms with Crippen molar-refractivity contribution in [2.24, 2.45) is 5.73 Å². The minimum absolute atomic E-state index is 0.0588. The molecule has 2 heterocycles. The van der Waals surface area contributed by atoms with Crippen LogP contribution in [-0.2, 0) is 0 Å². The van der Waals surface area contributed by atoms with E-state index in [1.807, 2.05) is 23.1 Å². The van der Waals surface area contributed by atoms with E-state index in [0.717, 1.165) is 34.8 Å². The summed E-state index contributed by atoms with van der Waals surface area (Å²) in [7, 11) is 0. The van der Waals surface area contributed by atoms with Crippen LogP contribution in [0, 0.1) is 0 Å². The molecular formula is C15H16BrN3O. The van der Waals surface area contributed by atoms with E-state index < -0.39 is 0 Å². The number of fused-ring (bicyclic) bond motifs is 1. The smallest absolute Gasteiger partial charge is 0.254 e. The Hall–Kier alpha value is -1.46. The molecule has 0 spiro atoms. The minimum atomic E-state index is 0.0588. The molecule has 0 aliphatic carbocycles. The largest absolute Gasteiger partial charge is 0.334 e. The van der Waals surface area contributed by atoms with Crippen molar-refractivity contribution in [3.63, 3.8) is 0 Å². The van der Waals surface area contributed by atoms with Gasteiger partial charge in [0, 0.05) is 35.2 Å². The fraction of sp³-hybridized carbons (Fsp3) is 0.333. The first kappa shape index (κ1) is 13.5. The number of hydrogen-bond donors (Lipinski definition) is 1. The summed E-state index contributed by atoms with van der Waals surface area (Å²) < 4.78 is 0.948. The van der Waals surface area contributed by atoms with Crippen LogP contribution in [0.5, 0.6) is 0 Å². The molecule has 2 aromatic rings. The van der Waals surface area contributed by atoms with Gasteiger partial charge in [0.05, 0.1) is 11.1 Å². The van der Waals surface area contributed by atoms with Crippen LogP contribution in [0.4, 0.5) is 0 Å². The molecule has 1 aliphatic heterocycles. The van der Waals surface area contributed by atoms with Gasteiger partial charge in [-0.05, 0) is 37.1 Å². The molecule has 1 aromatic carbocycles. The molecule has 2 N–H and O–H groups in total. The Kier molecular flexibility index (Phi) is 3.72. The number of carbonyl (C=O) groups is 1. The topological polar surface area (TPSA) is 59.2 Å². The van der Waals surface area contributed by atoms with Crippen molar-refractivity contribution >= 4 is 32.7 Å².